The summed E-state index contributed by atoms with van der Waals surface area (Å²) in [7, 11) is 0. The molecule has 0 N–H and O–H groups in total. The lowest BCUT2D eigenvalue weighted by molar-refractivity contribution is 0.524. The minimum absolute atomic E-state index is 0.705. The Morgan fingerprint density at radius 1 is 1.22 bits per heavy atom. The first-order chi connectivity index (χ1) is 4.31. The lowest BCUT2D eigenvalue weighted by Gasteiger charge is -2.05. The second kappa shape index (κ2) is 6.12. The van der Waals surface area contributed by atoms with Gasteiger partial charge in [0.2, 0.25) is 0 Å². The topological polar surface area (TPSA) is 0 Å². The van der Waals surface area contributed by atoms with Crippen molar-refractivity contribution in [3.05, 3.63) is 6.92 Å². The molecule has 0 nitrogen and oxygen atoms in total. The average Bonchev–Trinajstić information content (AvgIpc) is 1.89. The van der Waals surface area contributed by atoms with Crippen LogP contribution in [0.1, 0.15) is 46.0 Å². The van der Waals surface area contributed by atoms with Gasteiger partial charge in [0, 0.05) is 0 Å². The van der Waals surface area contributed by atoms with Gasteiger partial charge in [-0.15, -0.1) is 0 Å². The van der Waals surface area contributed by atoms with Crippen molar-refractivity contribution in [3.8, 4) is 0 Å². The molecule has 1 radical (unpaired) electrons. The highest BCUT2D eigenvalue weighted by Gasteiger charge is 1.95. The molecule has 1 atom stereocenters. The summed E-state index contributed by atoms with van der Waals surface area (Å²) in [6, 6.07) is 0. The molecule has 0 fully saturated rings. The van der Waals surface area contributed by atoms with Crippen molar-refractivity contribution in [2.75, 3.05) is 0 Å². The summed E-state index contributed by atoms with van der Waals surface area (Å²) < 4.78 is 0. The van der Waals surface area contributed by atoms with Crippen molar-refractivity contribution >= 4 is 0 Å². The van der Waals surface area contributed by atoms with Crippen LogP contribution >= 0.6 is 0 Å². The zero-order chi connectivity index (χ0) is 7.11. The molecule has 1 unspecified atom stereocenters. The van der Waals surface area contributed by atoms with Crippen molar-refractivity contribution in [1.29, 1.82) is 0 Å². The number of rotatable bonds is 5. The number of hydrogen-bond acceptors (Lipinski definition) is 0. The van der Waals surface area contributed by atoms with Gasteiger partial charge in [-0.1, -0.05) is 52.9 Å². The van der Waals surface area contributed by atoms with Crippen LogP contribution in [0, 0.1) is 12.8 Å². The summed E-state index contributed by atoms with van der Waals surface area (Å²) in [4.78, 5) is 0. The van der Waals surface area contributed by atoms with Gasteiger partial charge in [-0.25, -0.2) is 0 Å². The van der Waals surface area contributed by atoms with Gasteiger partial charge in [0.1, 0.15) is 0 Å². The summed E-state index contributed by atoms with van der Waals surface area (Å²) in [6.45, 7) is 8.48. The highest BCUT2D eigenvalue weighted by molar-refractivity contribution is 4.57. The highest BCUT2D eigenvalue weighted by atomic mass is 14.0. The van der Waals surface area contributed by atoms with Crippen LogP contribution in [-0.4, -0.2) is 0 Å². The molecule has 0 aromatic heterocycles. The summed E-state index contributed by atoms with van der Waals surface area (Å²) in [5.41, 5.74) is 0. The van der Waals surface area contributed by atoms with E-state index in [1.807, 2.05) is 0 Å². The molecule has 0 aromatic carbocycles. The SMILES string of the molecule is [CH2]C(CC)CCCCC. The average molecular weight is 127 g/mol. The standard InChI is InChI=1S/C9H19/c1-4-6-7-8-9(3)5-2/h9H,3-8H2,1-2H3. The Morgan fingerprint density at radius 3 is 2.33 bits per heavy atom. The minimum atomic E-state index is 0.705. The molecule has 0 aliphatic carbocycles. The molecular weight excluding hydrogens is 108 g/mol. The summed E-state index contributed by atoms with van der Waals surface area (Å²) in [5, 5.41) is 0. The normalized spacial score (nSPS) is 13.7. The molecule has 0 amide bonds. The van der Waals surface area contributed by atoms with Gasteiger partial charge >= 0.3 is 0 Å². The predicted molar refractivity (Wildman–Crippen MR) is 43.3 cm³/mol. The Balaban J connectivity index is 2.88. The minimum Gasteiger partial charge on any atom is -0.0654 e. The van der Waals surface area contributed by atoms with E-state index in [0.29, 0.717) is 5.92 Å². The largest absolute Gasteiger partial charge is 0.0654 e. The molecule has 0 aliphatic heterocycles. The molecule has 55 valence electrons. The third kappa shape index (κ3) is 5.88. The van der Waals surface area contributed by atoms with Crippen LogP contribution in [-0.2, 0) is 0 Å². The number of unbranched alkanes of at least 4 members (excludes halogenated alkanes) is 2. The molecule has 0 saturated heterocycles. The van der Waals surface area contributed by atoms with Crippen molar-refractivity contribution in [3.63, 3.8) is 0 Å². The Morgan fingerprint density at radius 2 is 1.89 bits per heavy atom. The van der Waals surface area contributed by atoms with E-state index in [4.69, 9.17) is 0 Å². The zero-order valence-electron chi connectivity index (χ0n) is 6.82. The van der Waals surface area contributed by atoms with E-state index in [-0.39, 0.29) is 0 Å². The molecule has 0 heterocycles. The van der Waals surface area contributed by atoms with Gasteiger partial charge in [-0.05, 0) is 5.92 Å². The molecule has 9 heavy (non-hydrogen) atoms. The van der Waals surface area contributed by atoms with Gasteiger partial charge in [0.15, 0.2) is 0 Å². The van der Waals surface area contributed by atoms with Crippen LogP contribution in [0.3, 0.4) is 0 Å². The third-order valence-corrected chi connectivity index (χ3v) is 1.79. The van der Waals surface area contributed by atoms with E-state index in [0.717, 1.165) is 0 Å². The van der Waals surface area contributed by atoms with Crippen molar-refractivity contribution in [2.45, 2.75) is 46.0 Å². The Hall–Kier alpha value is 0. The van der Waals surface area contributed by atoms with Gasteiger partial charge < -0.3 is 0 Å². The molecule has 0 rings (SSSR count). The van der Waals surface area contributed by atoms with Gasteiger partial charge in [0.25, 0.3) is 0 Å². The molecule has 0 aromatic rings. The molecular formula is C9H19. The van der Waals surface area contributed by atoms with Crippen LogP contribution in [0.25, 0.3) is 0 Å². The first kappa shape index (κ1) is 9.00. The Kier molecular flexibility index (Phi) is 6.12. The van der Waals surface area contributed by atoms with E-state index in [1.54, 1.807) is 0 Å². The van der Waals surface area contributed by atoms with E-state index >= 15 is 0 Å². The predicted octanol–water partition coefficient (Wildman–Crippen LogP) is 3.43. The summed E-state index contributed by atoms with van der Waals surface area (Å²) in [6.07, 6.45) is 6.65. The second-order valence-electron chi connectivity index (χ2n) is 2.77. The number of hydrogen-bond donors (Lipinski definition) is 0. The van der Waals surface area contributed by atoms with Crippen LogP contribution < -0.4 is 0 Å². The van der Waals surface area contributed by atoms with E-state index in [1.165, 1.54) is 32.1 Å². The molecule has 0 bridgehead atoms. The van der Waals surface area contributed by atoms with Gasteiger partial charge in [-0.3, -0.25) is 0 Å². The van der Waals surface area contributed by atoms with Crippen LogP contribution in [0.5, 0.6) is 0 Å². The second-order valence-corrected chi connectivity index (χ2v) is 2.77. The molecule has 0 saturated carbocycles. The maximum absolute atomic E-state index is 4.03. The van der Waals surface area contributed by atoms with Crippen molar-refractivity contribution < 1.29 is 0 Å². The summed E-state index contributed by atoms with van der Waals surface area (Å²) >= 11 is 0. The first-order valence-corrected chi connectivity index (χ1v) is 4.14. The van der Waals surface area contributed by atoms with E-state index in [9.17, 15) is 0 Å². The Bertz CT molecular complexity index is 48.0. The highest BCUT2D eigenvalue weighted by Crippen LogP contribution is 2.10. The monoisotopic (exact) mass is 127 g/mol. The van der Waals surface area contributed by atoms with Crippen LogP contribution in [0.2, 0.25) is 0 Å². The molecule has 0 heteroatoms. The first-order valence-electron chi connectivity index (χ1n) is 4.14. The third-order valence-electron chi connectivity index (χ3n) is 1.79. The van der Waals surface area contributed by atoms with E-state index in [2.05, 4.69) is 20.8 Å². The lowest BCUT2D eigenvalue weighted by Crippen LogP contribution is -1.91. The Labute approximate surface area is 59.7 Å². The smallest absolute Gasteiger partial charge is 0.0417 e. The summed E-state index contributed by atoms with van der Waals surface area (Å²) in [5.74, 6) is 0.705. The fraction of sp³-hybridized carbons (Fsp3) is 0.889. The maximum atomic E-state index is 4.03. The van der Waals surface area contributed by atoms with Crippen LogP contribution in [0.15, 0.2) is 0 Å². The van der Waals surface area contributed by atoms with Gasteiger partial charge in [-0.2, -0.15) is 0 Å². The van der Waals surface area contributed by atoms with Crippen LogP contribution in [0.4, 0.5) is 0 Å². The maximum Gasteiger partial charge on any atom is -0.0417 e. The molecule has 0 aliphatic rings. The van der Waals surface area contributed by atoms with Gasteiger partial charge in [0.05, 0.1) is 0 Å². The van der Waals surface area contributed by atoms with E-state index < -0.39 is 0 Å². The quantitative estimate of drug-likeness (QED) is 0.496. The van der Waals surface area contributed by atoms with Crippen molar-refractivity contribution in [2.24, 2.45) is 5.92 Å². The van der Waals surface area contributed by atoms with Crippen molar-refractivity contribution in [1.82, 2.24) is 0 Å². The molecule has 0 spiro atoms. The fourth-order valence-electron chi connectivity index (χ4n) is 0.887. The zero-order valence-corrected chi connectivity index (χ0v) is 6.82. The lowest BCUT2D eigenvalue weighted by atomic mass is 10.0. The fourth-order valence-corrected chi connectivity index (χ4v) is 0.887.